The average molecular weight is 261 g/mol. The van der Waals surface area contributed by atoms with Crippen LogP contribution in [0.2, 0.25) is 0 Å². The summed E-state index contributed by atoms with van der Waals surface area (Å²) >= 11 is 0. The van der Waals surface area contributed by atoms with Gasteiger partial charge in [0.15, 0.2) is 0 Å². The fraction of sp³-hybridized carbons (Fsp3) is 0.500. The normalized spacial score (nSPS) is 20.8. The molecule has 0 bridgehead atoms. The zero-order valence-electron chi connectivity index (χ0n) is 10.9. The maximum atomic E-state index is 9.00. The zero-order valence-corrected chi connectivity index (χ0v) is 10.9. The number of ether oxygens (including phenoxy) is 1. The number of aromatic amines is 1. The molecule has 3 rings (SSSR count). The first-order valence-electron chi connectivity index (χ1n) is 6.78. The lowest BCUT2D eigenvalue weighted by Gasteiger charge is -2.32. The van der Waals surface area contributed by atoms with E-state index in [1.807, 2.05) is 18.2 Å². The number of nitrogens with zero attached hydrogens (tertiary/aromatic N) is 2. The van der Waals surface area contributed by atoms with Crippen LogP contribution >= 0.6 is 0 Å². The smallest absolute Gasteiger partial charge is 0.120 e. The van der Waals surface area contributed by atoms with Crippen molar-refractivity contribution in [1.29, 1.82) is 0 Å². The number of piperidine rings is 1. The molecule has 0 radical (unpaired) electrons. The molecule has 1 aromatic heterocycles. The van der Waals surface area contributed by atoms with Crippen LogP contribution in [-0.4, -0.2) is 52.5 Å². The fourth-order valence-corrected chi connectivity index (χ4v) is 2.64. The highest BCUT2D eigenvalue weighted by molar-refractivity contribution is 5.79. The minimum absolute atomic E-state index is 0.213. The standard InChI is InChI=1S/C14H19N3O2/c18-7-6-17-5-1-2-13(10-17)19-12-3-4-14-11(8-12)9-15-16-14/h3-4,8-9,13,18H,1-2,5-7,10H2,(H,15,16). The SMILES string of the molecule is OCCN1CCCC(Oc2ccc3[nH]ncc3c2)C1. The fourth-order valence-electron chi connectivity index (χ4n) is 2.64. The Bertz CT molecular complexity index is 538. The summed E-state index contributed by atoms with van der Waals surface area (Å²) in [6.07, 6.45) is 4.22. The molecule has 2 aromatic rings. The third-order valence-corrected chi connectivity index (χ3v) is 3.59. The molecule has 1 aromatic carbocycles. The molecule has 1 atom stereocenters. The van der Waals surface area contributed by atoms with Crippen LogP contribution in [0.3, 0.4) is 0 Å². The maximum absolute atomic E-state index is 9.00. The number of hydrogen-bond acceptors (Lipinski definition) is 4. The molecule has 0 amide bonds. The second-order valence-corrected chi connectivity index (χ2v) is 5.03. The van der Waals surface area contributed by atoms with Gasteiger partial charge in [-0.15, -0.1) is 0 Å². The van der Waals surface area contributed by atoms with Crippen LogP contribution in [0, 0.1) is 0 Å². The van der Waals surface area contributed by atoms with Crippen molar-refractivity contribution < 1.29 is 9.84 Å². The van der Waals surface area contributed by atoms with Gasteiger partial charge in [0.25, 0.3) is 0 Å². The van der Waals surface area contributed by atoms with Gasteiger partial charge in [-0.05, 0) is 37.6 Å². The topological polar surface area (TPSA) is 61.4 Å². The number of likely N-dealkylation sites (tertiary alicyclic amines) is 1. The van der Waals surface area contributed by atoms with Crippen molar-refractivity contribution in [1.82, 2.24) is 15.1 Å². The van der Waals surface area contributed by atoms with Crippen molar-refractivity contribution in [3.8, 4) is 5.75 Å². The van der Waals surface area contributed by atoms with E-state index in [0.29, 0.717) is 0 Å². The quantitative estimate of drug-likeness (QED) is 0.873. The van der Waals surface area contributed by atoms with E-state index in [1.165, 1.54) is 0 Å². The summed E-state index contributed by atoms with van der Waals surface area (Å²) in [7, 11) is 0. The summed E-state index contributed by atoms with van der Waals surface area (Å²) in [4.78, 5) is 2.25. The van der Waals surface area contributed by atoms with Gasteiger partial charge in [0.2, 0.25) is 0 Å². The Kier molecular flexibility index (Phi) is 3.66. The molecule has 19 heavy (non-hydrogen) atoms. The number of aliphatic hydroxyl groups excluding tert-OH is 1. The first-order valence-corrected chi connectivity index (χ1v) is 6.78. The van der Waals surface area contributed by atoms with Crippen molar-refractivity contribution in [2.45, 2.75) is 18.9 Å². The lowest BCUT2D eigenvalue weighted by Crippen LogP contribution is -2.42. The molecule has 5 heteroatoms. The molecule has 2 heterocycles. The molecule has 0 saturated carbocycles. The molecule has 1 aliphatic heterocycles. The highest BCUT2D eigenvalue weighted by atomic mass is 16.5. The molecule has 2 N–H and O–H groups in total. The Labute approximate surface area is 112 Å². The molecule has 1 aliphatic rings. The summed E-state index contributed by atoms with van der Waals surface area (Å²) in [6.45, 7) is 2.90. The predicted octanol–water partition coefficient (Wildman–Crippen LogP) is 1.40. The van der Waals surface area contributed by atoms with Crippen LogP contribution in [0.15, 0.2) is 24.4 Å². The van der Waals surface area contributed by atoms with Gasteiger partial charge in [-0.1, -0.05) is 0 Å². The average Bonchev–Trinajstić information content (AvgIpc) is 2.87. The van der Waals surface area contributed by atoms with Crippen LogP contribution < -0.4 is 4.74 Å². The van der Waals surface area contributed by atoms with E-state index in [9.17, 15) is 0 Å². The van der Waals surface area contributed by atoms with Crippen molar-refractivity contribution in [2.24, 2.45) is 0 Å². The van der Waals surface area contributed by atoms with E-state index in [0.717, 1.165) is 49.1 Å². The van der Waals surface area contributed by atoms with Gasteiger partial charge in [-0.25, -0.2) is 0 Å². The van der Waals surface area contributed by atoms with Crippen LogP contribution in [0.5, 0.6) is 5.75 Å². The third-order valence-electron chi connectivity index (χ3n) is 3.59. The zero-order chi connectivity index (χ0) is 13.1. The lowest BCUT2D eigenvalue weighted by atomic mass is 10.1. The van der Waals surface area contributed by atoms with Gasteiger partial charge in [0.1, 0.15) is 11.9 Å². The highest BCUT2D eigenvalue weighted by Gasteiger charge is 2.20. The van der Waals surface area contributed by atoms with E-state index in [1.54, 1.807) is 6.20 Å². The van der Waals surface area contributed by atoms with Crippen LogP contribution in [0.1, 0.15) is 12.8 Å². The molecule has 1 saturated heterocycles. The molecule has 0 aliphatic carbocycles. The summed E-state index contributed by atoms with van der Waals surface area (Å²) in [6, 6.07) is 5.99. The molecule has 5 nitrogen and oxygen atoms in total. The molecular weight excluding hydrogens is 242 g/mol. The summed E-state index contributed by atoms with van der Waals surface area (Å²) in [5, 5.41) is 17.0. The van der Waals surface area contributed by atoms with E-state index in [-0.39, 0.29) is 12.7 Å². The molecular formula is C14H19N3O2. The largest absolute Gasteiger partial charge is 0.489 e. The Morgan fingerprint density at radius 1 is 1.47 bits per heavy atom. The summed E-state index contributed by atoms with van der Waals surface area (Å²) in [5.41, 5.74) is 1.03. The van der Waals surface area contributed by atoms with Gasteiger partial charge in [-0.2, -0.15) is 5.10 Å². The summed E-state index contributed by atoms with van der Waals surface area (Å²) in [5.74, 6) is 0.893. The molecule has 1 fully saturated rings. The molecule has 0 spiro atoms. The van der Waals surface area contributed by atoms with Gasteiger partial charge in [0, 0.05) is 18.5 Å². The van der Waals surface area contributed by atoms with Gasteiger partial charge in [-0.3, -0.25) is 10.00 Å². The van der Waals surface area contributed by atoms with Crippen molar-refractivity contribution >= 4 is 10.9 Å². The first-order chi connectivity index (χ1) is 9.35. The number of H-pyrrole nitrogens is 1. The number of rotatable bonds is 4. The Balaban J connectivity index is 1.66. The third kappa shape index (κ3) is 2.88. The molecule has 102 valence electrons. The number of nitrogens with one attached hydrogen (secondary N) is 1. The van der Waals surface area contributed by atoms with Crippen molar-refractivity contribution in [3.05, 3.63) is 24.4 Å². The van der Waals surface area contributed by atoms with Crippen LogP contribution in [0.25, 0.3) is 10.9 Å². The summed E-state index contributed by atoms with van der Waals surface area (Å²) < 4.78 is 6.04. The maximum Gasteiger partial charge on any atom is 0.120 e. The van der Waals surface area contributed by atoms with E-state index in [2.05, 4.69) is 15.1 Å². The van der Waals surface area contributed by atoms with E-state index < -0.39 is 0 Å². The lowest BCUT2D eigenvalue weighted by molar-refractivity contribution is 0.0769. The van der Waals surface area contributed by atoms with Crippen molar-refractivity contribution in [3.63, 3.8) is 0 Å². The number of fused-ring (bicyclic) bond motifs is 1. The highest BCUT2D eigenvalue weighted by Crippen LogP contribution is 2.22. The Morgan fingerprint density at radius 3 is 3.32 bits per heavy atom. The number of hydrogen-bond donors (Lipinski definition) is 2. The Hall–Kier alpha value is -1.59. The number of aliphatic hydroxyl groups is 1. The van der Waals surface area contributed by atoms with Gasteiger partial charge in [0.05, 0.1) is 18.3 Å². The van der Waals surface area contributed by atoms with Crippen LogP contribution in [-0.2, 0) is 0 Å². The monoisotopic (exact) mass is 261 g/mol. The minimum atomic E-state index is 0.213. The number of aromatic nitrogens is 2. The first kappa shape index (κ1) is 12.4. The van der Waals surface area contributed by atoms with E-state index in [4.69, 9.17) is 9.84 Å². The predicted molar refractivity (Wildman–Crippen MR) is 73.3 cm³/mol. The van der Waals surface area contributed by atoms with Gasteiger partial charge >= 0.3 is 0 Å². The minimum Gasteiger partial charge on any atom is -0.489 e. The Morgan fingerprint density at radius 2 is 2.42 bits per heavy atom. The molecule has 1 unspecified atom stereocenters. The number of benzene rings is 1. The van der Waals surface area contributed by atoms with Crippen molar-refractivity contribution in [2.75, 3.05) is 26.2 Å². The van der Waals surface area contributed by atoms with E-state index >= 15 is 0 Å². The van der Waals surface area contributed by atoms with Crippen LogP contribution in [0.4, 0.5) is 0 Å². The second-order valence-electron chi connectivity index (χ2n) is 5.03. The van der Waals surface area contributed by atoms with Gasteiger partial charge < -0.3 is 9.84 Å². The number of β-amino-alcohol motifs (C(OH)–C–C–N with tert-alkyl or cyclic N) is 1. The second kappa shape index (κ2) is 5.59.